The highest BCUT2D eigenvalue weighted by atomic mass is 16.5. The number of Topliss-reactive ketones (excluding diaryl/α,β-unsaturated/α-hetero) is 1. The van der Waals surface area contributed by atoms with Gasteiger partial charge in [-0.1, -0.05) is 40.5 Å². The fourth-order valence-electron chi connectivity index (χ4n) is 3.18. The van der Waals surface area contributed by atoms with Crippen LogP contribution in [0.3, 0.4) is 0 Å². The summed E-state index contributed by atoms with van der Waals surface area (Å²) in [6.07, 6.45) is 3.36. The van der Waals surface area contributed by atoms with E-state index in [1.807, 2.05) is 6.92 Å². The first-order chi connectivity index (χ1) is 11.1. The van der Waals surface area contributed by atoms with Gasteiger partial charge in [-0.3, -0.25) is 19.3 Å². The summed E-state index contributed by atoms with van der Waals surface area (Å²) in [5.41, 5.74) is -1.50. The minimum absolute atomic E-state index is 0.0335. The van der Waals surface area contributed by atoms with E-state index in [0.29, 0.717) is 6.42 Å². The fraction of sp³-hybridized carbons (Fsp3) is 0.765. The molecule has 24 heavy (non-hydrogen) atoms. The van der Waals surface area contributed by atoms with Gasteiger partial charge in [0, 0.05) is 5.41 Å². The summed E-state index contributed by atoms with van der Waals surface area (Å²) in [5.74, 6) is -1.30. The molecule has 1 spiro atoms. The number of imide groups is 1. The number of nitrogens with zero attached hydrogens (tertiary/aromatic N) is 1. The minimum Gasteiger partial charge on any atom is -0.456 e. The number of esters is 1. The molecule has 1 aliphatic heterocycles. The molecule has 3 amide bonds. The predicted molar refractivity (Wildman–Crippen MR) is 86.0 cm³/mol. The van der Waals surface area contributed by atoms with Crippen molar-refractivity contribution in [3.63, 3.8) is 0 Å². The quantitative estimate of drug-likeness (QED) is 0.621. The molecule has 0 bridgehead atoms. The number of hydrogen-bond acceptors (Lipinski definition) is 5. The Hall–Kier alpha value is -1.92. The molecule has 7 heteroatoms. The second kappa shape index (κ2) is 6.53. The van der Waals surface area contributed by atoms with Crippen LogP contribution in [-0.2, 0) is 19.1 Å². The summed E-state index contributed by atoms with van der Waals surface area (Å²) in [6.45, 7) is 6.32. The van der Waals surface area contributed by atoms with Crippen LogP contribution in [0.25, 0.3) is 0 Å². The lowest BCUT2D eigenvalue weighted by molar-refractivity contribution is -0.152. The largest absolute Gasteiger partial charge is 0.456 e. The first-order valence-electron chi connectivity index (χ1n) is 8.41. The van der Waals surface area contributed by atoms with Crippen molar-refractivity contribution in [3.8, 4) is 0 Å². The lowest BCUT2D eigenvalue weighted by Crippen LogP contribution is -2.54. The van der Waals surface area contributed by atoms with Gasteiger partial charge in [0.05, 0.1) is 0 Å². The first kappa shape index (κ1) is 18.4. The van der Waals surface area contributed by atoms with E-state index >= 15 is 0 Å². The normalized spacial score (nSPS) is 27.3. The SMILES string of the molecule is C[C@@H]1CCCC[C@]12NC(=O)N(CC(=O)OCC(=O)C(C)(C)C)C2=O. The van der Waals surface area contributed by atoms with Crippen molar-refractivity contribution >= 4 is 23.7 Å². The zero-order chi connectivity index (χ0) is 18.1. The molecule has 0 aromatic carbocycles. The van der Waals surface area contributed by atoms with Crippen molar-refractivity contribution in [2.75, 3.05) is 13.2 Å². The number of amides is 3. The minimum atomic E-state index is -0.892. The number of urea groups is 1. The maximum absolute atomic E-state index is 12.7. The number of nitrogens with one attached hydrogen (secondary N) is 1. The van der Waals surface area contributed by atoms with Gasteiger partial charge in [0.2, 0.25) is 0 Å². The van der Waals surface area contributed by atoms with Crippen molar-refractivity contribution in [2.45, 2.75) is 58.9 Å². The Morgan fingerprint density at radius 1 is 1.29 bits per heavy atom. The molecule has 2 aliphatic rings. The van der Waals surface area contributed by atoms with Gasteiger partial charge < -0.3 is 10.1 Å². The van der Waals surface area contributed by atoms with Crippen LogP contribution < -0.4 is 5.32 Å². The Kier molecular flexibility index (Phi) is 5.01. The third kappa shape index (κ3) is 3.44. The van der Waals surface area contributed by atoms with E-state index in [-0.39, 0.29) is 24.2 Å². The molecule has 0 aromatic heterocycles. The Bertz CT molecular complexity index is 566. The molecule has 134 valence electrons. The van der Waals surface area contributed by atoms with Crippen molar-refractivity contribution in [1.82, 2.24) is 10.2 Å². The first-order valence-corrected chi connectivity index (χ1v) is 8.41. The van der Waals surface area contributed by atoms with Gasteiger partial charge in [-0.25, -0.2) is 4.79 Å². The maximum atomic E-state index is 12.7. The standard InChI is InChI=1S/C17H26N2O5/c1-11-7-5-6-8-17(11)14(22)19(15(23)18-17)9-13(21)24-10-12(20)16(2,3)4/h11H,5-10H2,1-4H3,(H,18,23)/t11-,17+/m1/s1. The van der Waals surface area contributed by atoms with Crippen LogP contribution in [-0.4, -0.2) is 47.3 Å². The van der Waals surface area contributed by atoms with Crippen LogP contribution in [0.1, 0.15) is 53.4 Å². The third-order valence-electron chi connectivity index (χ3n) is 4.99. The van der Waals surface area contributed by atoms with Gasteiger partial charge in [-0.05, 0) is 18.8 Å². The summed E-state index contributed by atoms with van der Waals surface area (Å²) in [4.78, 5) is 49.5. The van der Waals surface area contributed by atoms with Crippen LogP contribution >= 0.6 is 0 Å². The van der Waals surface area contributed by atoms with E-state index in [9.17, 15) is 19.2 Å². The Morgan fingerprint density at radius 3 is 2.54 bits per heavy atom. The van der Waals surface area contributed by atoms with E-state index < -0.39 is 29.5 Å². The van der Waals surface area contributed by atoms with E-state index in [2.05, 4.69) is 5.32 Å². The molecule has 1 heterocycles. The lowest BCUT2D eigenvalue weighted by Gasteiger charge is -2.36. The molecule has 2 atom stereocenters. The summed E-state index contributed by atoms with van der Waals surface area (Å²) in [6, 6.07) is -0.562. The van der Waals surface area contributed by atoms with Gasteiger partial charge in [0.1, 0.15) is 12.1 Å². The number of ketones is 1. The molecule has 7 nitrogen and oxygen atoms in total. The smallest absolute Gasteiger partial charge is 0.326 e. The van der Waals surface area contributed by atoms with Crippen LogP contribution in [0, 0.1) is 11.3 Å². The molecule has 0 radical (unpaired) electrons. The van der Waals surface area contributed by atoms with Gasteiger partial charge >= 0.3 is 12.0 Å². The van der Waals surface area contributed by atoms with Crippen molar-refractivity contribution in [1.29, 1.82) is 0 Å². The molecule has 1 saturated carbocycles. The second-order valence-corrected chi connectivity index (χ2v) is 7.77. The molecule has 1 aliphatic carbocycles. The van der Waals surface area contributed by atoms with Crippen molar-refractivity contribution in [3.05, 3.63) is 0 Å². The number of carbonyl (C=O) groups is 4. The monoisotopic (exact) mass is 338 g/mol. The average Bonchev–Trinajstić information content (AvgIpc) is 2.72. The number of rotatable bonds is 4. The number of carbonyl (C=O) groups excluding carboxylic acids is 4. The highest BCUT2D eigenvalue weighted by Crippen LogP contribution is 2.38. The average molecular weight is 338 g/mol. The molecule has 2 rings (SSSR count). The zero-order valence-electron chi connectivity index (χ0n) is 14.8. The highest BCUT2D eigenvalue weighted by Gasteiger charge is 2.55. The maximum Gasteiger partial charge on any atom is 0.326 e. The molecular weight excluding hydrogens is 312 g/mol. The van der Waals surface area contributed by atoms with Gasteiger partial charge in [-0.15, -0.1) is 0 Å². The van der Waals surface area contributed by atoms with Crippen LogP contribution in [0.15, 0.2) is 0 Å². The van der Waals surface area contributed by atoms with Gasteiger partial charge in [0.15, 0.2) is 12.4 Å². The summed E-state index contributed by atoms with van der Waals surface area (Å²) in [7, 11) is 0. The third-order valence-corrected chi connectivity index (χ3v) is 4.99. The van der Waals surface area contributed by atoms with Crippen LogP contribution in [0.5, 0.6) is 0 Å². The molecule has 1 N–H and O–H groups in total. The fourth-order valence-corrected chi connectivity index (χ4v) is 3.18. The topological polar surface area (TPSA) is 92.8 Å². The summed E-state index contributed by atoms with van der Waals surface area (Å²) >= 11 is 0. The van der Waals surface area contributed by atoms with Crippen molar-refractivity contribution in [2.24, 2.45) is 11.3 Å². The molecule has 1 saturated heterocycles. The van der Waals surface area contributed by atoms with Crippen molar-refractivity contribution < 1.29 is 23.9 Å². The van der Waals surface area contributed by atoms with Crippen LogP contribution in [0.4, 0.5) is 4.79 Å². The molecule has 0 unspecified atom stereocenters. The van der Waals surface area contributed by atoms with E-state index in [1.165, 1.54) is 0 Å². The zero-order valence-corrected chi connectivity index (χ0v) is 14.8. The summed E-state index contributed by atoms with van der Waals surface area (Å²) < 4.78 is 4.93. The summed E-state index contributed by atoms with van der Waals surface area (Å²) in [5, 5.41) is 2.78. The second-order valence-electron chi connectivity index (χ2n) is 7.77. The molecule has 2 fully saturated rings. The number of hydrogen-bond donors (Lipinski definition) is 1. The predicted octanol–water partition coefficient (Wildman–Crippen LogP) is 1.65. The Balaban J connectivity index is 1.97. The molecule has 0 aromatic rings. The van der Waals surface area contributed by atoms with E-state index in [4.69, 9.17) is 4.74 Å². The Labute approximate surface area is 142 Å². The van der Waals surface area contributed by atoms with Gasteiger partial charge in [0.25, 0.3) is 5.91 Å². The lowest BCUT2D eigenvalue weighted by atomic mass is 9.73. The van der Waals surface area contributed by atoms with E-state index in [1.54, 1.807) is 20.8 Å². The number of ether oxygens (including phenoxy) is 1. The van der Waals surface area contributed by atoms with E-state index in [0.717, 1.165) is 24.2 Å². The molecular formula is C17H26N2O5. The van der Waals surface area contributed by atoms with Crippen LogP contribution in [0.2, 0.25) is 0 Å². The van der Waals surface area contributed by atoms with Gasteiger partial charge in [-0.2, -0.15) is 0 Å². The Morgan fingerprint density at radius 2 is 1.96 bits per heavy atom. The highest BCUT2D eigenvalue weighted by molar-refractivity contribution is 6.09.